The number of carbonyl (C=O) groups is 1. The van der Waals surface area contributed by atoms with Crippen molar-refractivity contribution in [2.75, 3.05) is 11.9 Å². The summed E-state index contributed by atoms with van der Waals surface area (Å²) in [6, 6.07) is 4.19. The van der Waals surface area contributed by atoms with Crippen molar-refractivity contribution >= 4 is 23.2 Å². The number of hydrogen-bond acceptors (Lipinski definition) is 7. The van der Waals surface area contributed by atoms with Crippen molar-refractivity contribution in [3.8, 4) is 17.9 Å². The van der Waals surface area contributed by atoms with Crippen molar-refractivity contribution in [1.82, 2.24) is 19.5 Å². The van der Waals surface area contributed by atoms with Crippen LogP contribution in [0.2, 0.25) is 5.02 Å². The molecule has 2 aliphatic rings. The average Bonchev–Trinajstić information content (AvgIpc) is 3.55. The van der Waals surface area contributed by atoms with Crippen LogP contribution >= 0.6 is 11.6 Å². The summed E-state index contributed by atoms with van der Waals surface area (Å²) in [6.45, 7) is 3.33. The van der Waals surface area contributed by atoms with Crippen LogP contribution in [0.25, 0.3) is 0 Å². The lowest BCUT2D eigenvalue weighted by atomic mass is 9.92. The fraction of sp³-hybridized carbons (Fsp3) is 0.448. The van der Waals surface area contributed by atoms with Crippen LogP contribution in [0.5, 0.6) is 6.01 Å². The Morgan fingerprint density at radius 3 is 2.55 bits per heavy atom. The molecule has 210 valence electrons. The number of hydrogen-bond donors (Lipinski definition) is 3. The zero-order valence-corrected chi connectivity index (χ0v) is 23.2. The number of amides is 1. The molecule has 0 aliphatic heterocycles. The maximum Gasteiger partial charge on any atom is 0.316 e. The molecule has 2 unspecified atom stereocenters. The van der Waals surface area contributed by atoms with Gasteiger partial charge in [0.15, 0.2) is 0 Å². The lowest BCUT2D eigenvalue weighted by Crippen LogP contribution is -2.28. The molecule has 1 aromatic carbocycles. The molecular weight excluding hydrogens is 537 g/mol. The van der Waals surface area contributed by atoms with Crippen LogP contribution in [0.3, 0.4) is 0 Å². The first-order valence-corrected chi connectivity index (χ1v) is 13.5. The number of anilines is 1. The first-order chi connectivity index (χ1) is 18.9. The molecule has 5 rings (SSSR count). The first-order valence-electron chi connectivity index (χ1n) is 13.1. The van der Waals surface area contributed by atoms with Crippen molar-refractivity contribution in [3.63, 3.8) is 0 Å². The van der Waals surface area contributed by atoms with Crippen LogP contribution < -0.4 is 10.1 Å². The number of nitrogens with zero attached hydrogens (tertiary/aromatic N) is 4. The number of aryl methyl sites for hydroxylation is 1. The van der Waals surface area contributed by atoms with E-state index in [0.717, 1.165) is 18.5 Å². The minimum atomic E-state index is -1.11. The van der Waals surface area contributed by atoms with Gasteiger partial charge in [-0.15, -0.1) is 0 Å². The summed E-state index contributed by atoms with van der Waals surface area (Å²) in [5.74, 6) is 5.71. The maximum absolute atomic E-state index is 13.5. The highest BCUT2D eigenvalue weighted by atomic mass is 35.5. The molecule has 2 heterocycles. The highest BCUT2D eigenvalue weighted by Gasteiger charge is 2.49. The highest BCUT2D eigenvalue weighted by Crippen LogP contribution is 2.53. The topological polar surface area (TPSA) is 122 Å². The van der Waals surface area contributed by atoms with E-state index in [1.54, 1.807) is 31.8 Å². The van der Waals surface area contributed by atoms with Crippen LogP contribution in [-0.2, 0) is 7.05 Å². The number of halogens is 2. The largest absolute Gasteiger partial charge is 0.460 e. The summed E-state index contributed by atoms with van der Waals surface area (Å²) in [5, 5.41) is 23.7. The number of nitrogens with one attached hydrogen (secondary N) is 1. The Balaban J connectivity index is 1.22. The third kappa shape index (κ3) is 6.28. The van der Waals surface area contributed by atoms with Crippen molar-refractivity contribution in [2.24, 2.45) is 18.9 Å². The lowest BCUT2D eigenvalue weighted by molar-refractivity contribution is 0.0250. The number of aliphatic hydroxyl groups is 2. The second-order valence-electron chi connectivity index (χ2n) is 11.4. The van der Waals surface area contributed by atoms with E-state index in [2.05, 4.69) is 32.1 Å². The number of ether oxygens (including phenoxy) is 1. The van der Waals surface area contributed by atoms with Crippen molar-refractivity contribution in [1.29, 1.82) is 0 Å². The van der Waals surface area contributed by atoms with E-state index in [0.29, 0.717) is 29.8 Å². The van der Waals surface area contributed by atoms with Gasteiger partial charge in [0.05, 0.1) is 28.2 Å². The number of fused-ring (bicyclic) bond motifs is 1. The van der Waals surface area contributed by atoms with Crippen LogP contribution in [0.4, 0.5) is 10.1 Å². The molecule has 1 amide bonds. The lowest BCUT2D eigenvalue weighted by Gasteiger charge is -2.19. The van der Waals surface area contributed by atoms with E-state index in [-0.39, 0.29) is 41.3 Å². The normalized spacial score (nSPS) is 23.8. The van der Waals surface area contributed by atoms with Gasteiger partial charge in [-0.2, -0.15) is 0 Å². The summed E-state index contributed by atoms with van der Waals surface area (Å²) in [7, 11) is 1.77. The standard InChI is InChI=1S/C29H31ClFN5O4/c1-28(2,38)15-40-27-32-13-17(14-33-27)6-7-29(39)11-19-8-18(9-20(19)12-29)24-25(36(3)16-34-24)26(37)35-21-4-5-23(31)22(30)10-21/h4-5,10,13-14,16,18-20,38-39H,8-9,11-12,15H2,1-3H3,(H,35,37). The van der Waals surface area contributed by atoms with Gasteiger partial charge >= 0.3 is 6.01 Å². The van der Waals surface area contributed by atoms with Gasteiger partial charge in [-0.1, -0.05) is 23.4 Å². The smallest absolute Gasteiger partial charge is 0.316 e. The van der Waals surface area contributed by atoms with Crippen LogP contribution in [0.15, 0.2) is 36.9 Å². The minimum absolute atomic E-state index is 0.0648. The van der Waals surface area contributed by atoms with Gasteiger partial charge in [0, 0.05) is 31.0 Å². The molecule has 40 heavy (non-hydrogen) atoms. The molecule has 9 nitrogen and oxygen atoms in total. The predicted molar refractivity (Wildman–Crippen MR) is 146 cm³/mol. The van der Waals surface area contributed by atoms with Crippen molar-refractivity contribution in [2.45, 2.75) is 56.7 Å². The van der Waals surface area contributed by atoms with Gasteiger partial charge in [-0.05, 0) is 69.6 Å². The molecule has 2 fully saturated rings. The molecule has 3 aromatic rings. The summed E-state index contributed by atoms with van der Waals surface area (Å²) in [6.07, 6.45) is 7.36. The zero-order valence-electron chi connectivity index (χ0n) is 22.5. The Labute approximate surface area is 236 Å². The molecule has 2 saturated carbocycles. The molecule has 11 heteroatoms. The highest BCUT2D eigenvalue weighted by molar-refractivity contribution is 6.31. The molecule has 2 atom stereocenters. The Hall–Kier alpha value is -3.52. The fourth-order valence-electron chi connectivity index (χ4n) is 5.66. The van der Waals surface area contributed by atoms with Crippen LogP contribution in [-0.4, -0.2) is 53.4 Å². The average molecular weight is 568 g/mol. The number of imidazole rings is 1. The number of benzene rings is 1. The Morgan fingerprint density at radius 2 is 1.93 bits per heavy atom. The quantitative estimate of drug-likeness (QED) is 0.383. The molecule has 0 saturated heterocycles. The van der Waals surface area contributed by atoms with Crippen molar-refractivity contribution in [3.05, 3.63) is 64.7 Å². The molecule has 0 bridgehead atoms. The molecule has 0 spiro atoms. The molecule has 2 aromatic heterocycles. The van der Waals surface area contributed by atoms with E-state index in [4.69, 9.17) is 16.3 Å². The summed E-state index contributed by atoms with van der Waals surface area (Å²) < 4.78 is 20.6. The molecule has 3 N–H and O–H groups in total. The SMILES string of the molecule is Cn1cnc(C2CC3CC(O)(C#Cc4cnc(OCC(C)(C)O)nc4)CC3C2)c1C(=O)Nc1ccc(F)c(Cl)c1. The zero-order chi connectivity index (χ0) is 28.7. The maximum atomic E-state index is 13.5. The van der Waals surface area contributed by atoms with Crippen LogP contribution in [0, 0.1) is 29.5 Å². The molecular formula is C29H31ClFN5O4. The number of aromatic nitrogens is 4. The molecule has 0 radical (unpaired) electrons. The fourth-order valence-corrected chi connectivity index (χ4v) is 5.84. The van der Waals surface area contributed by atoms with Gasteiger partial charge in [-0.25, -0.2) is 19.3 Å². The minimum Gasteiger partial charge on any atom is -0.460 e. The third-order valence-electron chi connectivity index (χ3n) is 7.41. The van der Waals surface area contributed by atoms with Gasteiger partial charge in [0.1, 0.15) is 23.7 Å². The Bertz CT molecular complexity index is 1460. The summed E-state index contributed by atoms with van der Waals surface area (Å²) >= 11 is 5.86. The van der Waals surface area contributed by atoms with Gasteiger partial charge in [-0.3, -0.25) is 4.79 Å². The molecule has 2 aliphatic carbocycles. The first kappa shape index (κ1) is 28.0. The van der Waals surface area contributed by atoms with Gasteiger partial charge in [0.2, 0.25) is 0 Å². The van der Waals surface area contributed by atoms with Crippen molar-refractivity contribution < 1.29 is 24.1 Å². The monoisotopic (exact) mass is 567 g/mol. The second-order valence-corrected chi connectivity index (χ2v) is 11.8. The van der Waals surface area contributed by atoms with E-state index in [1.165, 1.54) is 30.6 Å². The number of rotatable bonds is 6. The predicted octanol–water partition coefficient (Wildman–Crippen LogP) is 4.09. The van der Waals surface area contributed by atoms with E-state index >= 15 is 0 Å². The van der Waals surface area contributed by atoms with E-state index < -0.39 is 17.0 Å². The Morgan fingerprint density at radius 1 is 1.25 bits per heavy atom. The van der Waals surface area contributed by atoms with E-state index in [9.17, 15) is 19.4 Å². The van der Waals surface area contributed by atoms with Gasteiger partial charge < -0.3 is 24.8 Å². The van der Waals surface area contributed by atoms with Crippen LogP contribution in [0.1, 0.15) is 67.2 Å². The van der Waals surface area contributed by atoms with Gasteiger partial charge in [0.25, 0.3) is 5.91 Å². The van der Waals surface area contributed by atoms with E-state index in [1.807, 2.05) is 0 Å². The summed E-state index contributed by atoms with van der Waals surface area (Å²) in [4.78, 5) is 25.9. The Kier molecular flexibility index (Phi) is 7.57. The third-order valence-corrected chi connectivity index (χ3v) is 7.70. The second kappa shape index (κ2) is 10.8. The summed E-state index contributed by atoms with van der Waals surface area (Å²) in [5.41, 5.74) is 0.0377. The number of carbonyl (C=O) groups excluding carboxylic acids is 1.